The fraction of sp³-hybridized carbons (Fsp3) is 0.211. The highest BCUT2D eigenvalue weighted by Gasteiger charge is 2.34. The quantitative estimate of drug-likeness (QED) is 0.683. The standard InChI is InChI=1S/C19H16F2O/c1-19(2)11-13(9-12-7-8-16(20)17(21)10-12)18(22)14-5-3-4-6-15(14)19/h3-10H,11H2,1-2H3. The van der Waals surface area contributed by atoms with Gasteiger partial charge in [-0.05, 0) is 41.2 Å². The van der Waals surface area contributed by atoms with Crippen LogP contribution in [0.4, 0.5) is 8.78 Å². The molecule has 2 aromatic rings. The Morgan fingerprint density at radius 2 is 1.77 bits per heavy atom. The van der Waals surface area contributed by atoms with Crippen molar-refractivity contribution in [1.29, 1.82) is 0 Å². The molecule has 0 N–H and O–H groups in total. The van der Waals surface area contributed by atoms with E-state index in [9.17, 15) is 13.6 Å². The van der Waals surface area contributed by atoms with Crippen LogP contribution in [0.1, 0.15) is 41.8 Å². The molecule has 3 heteroatoms. The first-order chi connectivity index (χ1) is 10.4. The maximum Gasteiger partial charge on any atom is 0.189 e. The smallest absolute Gasteiger partial charge is 0.189 e. The summed E-state index contributed by atoms with van der Waals surface area (Å²) in [4.78, 5) is 12.6. The van der Waals surface area contributed by atoms with Crippen molar-refractivity contribution in [3.05, 3.63) is 76.4 Å². The van der Waals surface area contributed by atoms with Crippen molar-refractivity contribution in [3.8, 4) is 0 Å². The molecule has 0 aliphatic heterocycles. The fourth-order valence-corrected chi connectivity index (χ4v) is 3.02. The van der Waals surface area contributed by atoms with Crippen molar-refractivity contribution < 1.29 is 13.6 Å². The molecule has 0 amide bonds. The van der Waals surface area contributed by atoms with E-state index in [-0.39, 0.29) is 11.2 Å². The zero-order valence-corrected chi connectivity index (χ0v) is 12.5. The SMILES string of the molecule is CC1(C)CC(=Cc2ccc(F)c(F)c2)C(=O)c2ccccc21. The number of hydrogen-bond acceptors (Lipinski definition) is 1. The first kappa shape index (κ1) is 14.6. The topological polar surface area (TPSA) is 17.1 Å². The molecule has 1 nitrogen and oxygen atoms in total. The second-order valence-corrected chi connectivity index (χ2v) is 6.28. The Bertz CT molecular complexity index is 788. The first-order valence-electron chi connectivity index (χ1n) is 7.18. The van der Waals surface area contributed by atoms with Gasteiger partial charge in [-0.2, -0.15) is 0 Å². The molecule has 1 aliphatic rings. The van der Waals surface area contributed by atoms with Gasteiger partial charge in [0, 0.05) is 11.1 Å². The van der Waals surface area contributed by atoms with Crippen molar-refractivity contribution >= 4 is 11.9 Å². The van der Waals surface area contributed by atoms with Crippen LogP contribution >= 0.6 is 0 Å². The summed E-state index contributed by atoms with van der Waals surface area (Å²) in [5.74, 6) is -1.83. The number of ketones is 1. The highest BCUT2D eigenvalue weighted by atomic mass is 19.2. The van der Waals surface area contributed by atoms with Crippen LogP contribution in [0.3, 0.4) is 0 Å². The second-order valence-electron chi connectivity index (χ2n) is 6.28. The summed E-state index contributed by atoms with van der Waals surface area (Å²) in [6.07, 6.45) is 2.23. The second kappa shape index (κ2) is 5.16. The third-order valence-corrected chi connectivity index (χ3v) is 4.11. The van der Waals surface area contributed by atoms with Crippen LogP contribution < -0.4 is 0 Å². The van der Waals surface area contributed by atoms with Crippen LogP contribution in [0.5, 0.6) is 0 Å². The Hall–Kier alpha value is -2.29. The molecule has 0 bridgehead atoms. The van der Waals surface area contributed by atoms with Gasteiger partial charge in [-0.25, -0.2) is 8.78 Å². The zero-order valence-electron chi connectivity index (χ0n) is 12.5. The van der Waals surface area contributed by atoms with Crippen molar-refractivity contribution in [3.63, 3.8) is 0 Å². The lowest BCUT2D eigenvalue weighted by Gasteiger charge is -2.33. The molecule has 0 unspecified atom stereocenters. The van der Waals surface area contributed by atoms with Gasteiger partial charge in [0.05, 0.1) is 0 Å². The summed E-state index contributed by atoms with van der Waals surface area (Å²) >= 11 is 0. The molecule has 0 saturated carbocycles. The highest BCUT2D eigenvalue weighted by Crippen LogP contribution is 2.39. The lowest BCUT2D eigenvalue weighted by Crippen LogP contribution is -2.29. The molecule has 0 heterocycles. The number of carbonyl (C=O) groups is 1. The van der Waals surface area contributed by atoms with Gasteiger partial charge in [-0.15, -0.1) is 0 Å². The van der Waals surface area contributed by atoms with E-state index in [2.05, 4.69) is 13.8 Å². The fourth-order valence-electron chi connectivity index (χ4n) is 3.02. The van der Waals surface area contributed by atoms with Crippen LogP contribution in [0.25, 0.3) is 6.08 Å². The normalized spacial score (nSPS) is 18.4. The molecule has 0 radical (unpaired) electrons. The molecular weight excluding hydrogens is 282 g/mol. The van der Waals surface area contributed by atoms with E-state index >= 15 is 0 Å². The Balaban J connectivity index is 2.08. The zero-order chi connectivity index (χ0) is 15.9. The Kier molecular flexibility index (Phi) is 3.44. The third kappa shape index (κ3) is 2.47. The number of allylic oxidation sites excluding steroid dienone is 1. The van der Waals surface area contributed by atoms with Crippen molar-refractivity contribution in [2.45, 2.75) is 25.7 Å². The Labute approximate surface area is 128 Å². The maximum absolute atomic E-state index is 13.3. The number of carbonyl (C=O) groups excluding carboxylic acids is 1. The van der Waals surface area contributed by atoms with Crippen molar-refractivity contribution in [2.24, 2.45) is 0 Å². The molecule has 112 valence electrons. The van der Waals surface area contributed by atoms with E-state index in [4.69, 9.17) is 0 Å². The molecule has 0 fully saturated rings. The number of halogens is 2. The van der Waals surface area contributed by atoms with Gasteiger partial charge < -0.3 is 0 Å². The van der Waals surface area contributed by atoms with Gasteiger partial charge in [0.25, 0.3) is 0 Å². The lowest BCUT2D eigenvalue weighted by molar-refractivity contribution is 0.101. The van der Waals surface area contributed by atoms with Crippen LogP contribution in [0.15, 0.2) is 48.0 Å². The first-order valence-corrected chi connectivity index (χ1v) is 7.18. The lowest BCUT2D eigenvalue weighted by atomic mass is 9.70. The van der Waals surface area contributed by atoms with Gasteiger partial charge in [0.1, 0.15) is 0 Å². The minimum atomic E-state index is -0.905. The van der Waals surface area contributed by atoms with Crippen LogP contribution in [0, 0.1) is 11.6 Å². The van der Waals surface area contributed by atoms with E-state index < -0.39 is 11.6 Å². The molecule has 1 aliphatic carbocycles. The highest BCUT2D eigenvalue weighted by molar-refractivity contribution is 6.13. The van der Waals surface area contributed by atoms with E-state index in [1.54, 1.807) is 6.08 Å². The summed E-state index contributed by atoms with van der Waals surface area (Å²) in [6.45, 7) is 4.16. The number of Topliss-reactive ketones (excluding diaryl/α,β-unsaturated/α-hetero) is 1. The van der Waals surface area contributed by atoms with Gasteiger partial charge >= 0.3 is 0 Å². The van der Waals surface area contributed by atoms with Gasteiger partial charge in [0.15, 0.2) is 17.4 Å². The molecule has 0 saturated heterocycles. The van der Waals surface area contributed by atoms with Crippen molar-refractivity contribution in [1.82, 2.24) is 0 Å². The predicted molar refractivity (Wildman–Crippen MR) is 82.8 cm³/mol. The van der Waals surface area contributed by atoms with Crippen LogP contribution in [-0.2, 0) is 5.41 Å². The van der Waals surface area contributed by atoms with Crippen LogP contribution in [0.2, 0.25) is 0 Å². The minimum Gasteiger partial charge on any atom is -0.289 e. The molecular formula is C19H16F2O. The maximum atomic E-state index is 13.3. The molecule has 0 spiro atoms. The molecule has 2 aromatic carbocycles. The summed E-state index contributed by atoms with van der Waals surface area (Å²) in [6, 6.07) is 11.2. The monoisotopic (exact) mass is 298 g/mol. The van der Waals surface area contributed by atoms with E-state index in [1.165, 1.54) is 6.07 Å². The number of benzene rings is 2. The minimum absolute atomic E-state index is 0.0420. The van der Waals surface area contributed by atoms with E-state index in [1.807, 2.05) is 24.3 Å². The Morgan fingerprint density at radius 1 is 1.05 bits per heavy atom. The summed E-state index contributed by atoms with van der Waals surface area (Å²) in [5, 5.41) is 0. The summed E-state index contributed by atoms with van der Waals surface area (Å²) < 4.78 is 26.3. The number of rotatable bonds is 1. The molecule has 0 atom stereocenters. The summed E-state index contributed by atoms with van der Waals surface area (Å²) in [5.41, 5.74) is 2.66. The van der Waals surface area contributed by atoms with E-state index in [0.717, 1.165) is 17.7 Å². The van der Waals surface area contributed by atoms with Gasteiger partial charge in [0.2, 0.25) is 0 Å². The van der Waals surface area contributed by atoms with E-state index in [0.29, 0.717) is 23.1 Å². The average Bonchev–Trinajstić information content (AvgIpc) is 2.48. The molecule has 22 heavy (non-hydrogen) atoms. The largest absolute Gasteiger partial charge is 0.289 e. The van der Waals surface area contributed by atoms with Gasteiger partial charge in [-0.3, -0.25) is 4.79 Å². The van der Waals surface area contributed by atoms with Crippen molar-refractivity contribution in [2.75, 3.05) is 0 Å². The summed E-state index contributed by atoms with van der Waals surface area (Å²) in [7, 11) is 0. The van der Waals surface area contributed by atoms with Gasteiger partial charge in [-0.1, -0.05) is 44.2 Å². The molecule has 0 aromatic heterocycles. The number of hydrogen-bond donors (Lipinski definition) is 0. The number of fused-ring (bicyclic) bond motifs is 1. The Morgan fingerprint density at radius 3 is 2.50 bits per heavy atom. The third-order valence-electron chi connectivity index (χ3n) is 4.11. The molecule has 3 rings (SSSR count). The predicted octanol–water partition coefficient (Wildman–Crippen LogP) is 4.91. The average molecular weight is 298 g/mol. The van der Waals surface area contributed by atoms with Crippen LogP contribution in [-0.4, -0.2) is 5.78 Å².